The molecule has 0 saturated carbocycles. The summed E-state index contributed by atoms with van der Waals surface area (Å²) in [5.41, 5.74) is 0.799. The van der Waals surface area contributed by atoms with Crippen molar-refractivity contribution >= 4 is 10.8 Å². The number of benzene rings is 3. The van der Waals surface area contributed by atoms with E-state index in [2.05, 4.69) is 0 Å². The van der Waals surface area contributed by atoms with Crippen molar-refractivity contribution in [2.24, 2.45) is 0 Å². The van der Waals surface area contributed by atoms with Crippen LogP contribution in [0.25, 0.3) is 21.9 Å². The Bertz CT molecular complexity index is 881. The van der Waals surface area contributed by atoms with Gasteiger partial charge in [0, 0.05) is 17.2 Å². The standard InChI is InChI=1S/C18H16O5/c1-22-16-8-13(15(21)9-17(16)23-2)18-12-7-11(19)5-3-10(12)4-6-14(18)20/h3-9,19-21H,1-2H3. The van der Waals surface area contributed by atoms with Gasteiger partial charge in [-0.25, -0.2) is 0 Å². The zero-order valence-electron chi connectivity index (χ0n) is 12.7. The first kappa shape index (κ1) is 14.8. The zero-order chi connectivity index (χ0) is 16.6. The van der Waals surface area contributed by atoms with E-state index in [4.69, 9.17) is 9.47 Å². The second-order valence-electron chi connectivity index (χ2n) is 5.09. The number of rotatable bonds is 3. The first-order valence-corrected chi connectivity index (χ1v) is 6.95. The van der Waals surface area contributed by atoms with Gasteiger partial charge in [0.1, 0.15) is 17.2 Å². The van der Waals surface area contributed by atoms with Crippen LogP contribution < -0.4 is 9.47 Å². The normalized spacial score (nSPS) is 10.7. The molecule has 3 aromatic rings. The SMILES string of the molecule is COc1cc(O)c(-c2c(O)ccc3ccc(O)cc23)cc1OC. The van der Waals surface area contributed by atoms with E-state index in [0.29, 0.717) is 28.0 Å². The van der Waals surface area contributed by atoms with Crippen molar-refractivity contribution < 1.29 is 24.8 Å². The molecule has 0 aliphatic heterocycles. The number of ether oxygens (including phenoxy) is 2. The highest BCUT2D eigenvalue weighted by molar-refractivity contribution is 6.01. The monoisotopic (exact) mass is 312 g/mol. The Kier molecular flexibility index (Phi) is 3.62. The van der Waals surface area contributed by atoms with Crippen LogP contribution in [0, 0.1) is 0 Å². The number of hydrogen-bond donors (Lipinski definition) is 3. The maximum atomic E-state index is 10.3. The summed E-state index contributed by atoms with van der Waals surface area (Å²) in [6.45, 7) is 0. The number of fused-ring (bicyclic) bond motifs is 1. The van der Waals surface area contributed by atoms with E-state index >= 15 is 0 Å². The number of hydrogen-bond acceptors (Lipinski definition) is 5. The van der Waals surface area contributed by atoms with E-state index in [9.17, 15) is 15.3 Å². The molecule has 5 nitrogen and oxygen atoms in total. The molecule has 0 saturated heterocycles. The first-order chi connectivity index (χ1) is 11.0. The molecule has 118 valence electrons. The van der Waals surface area contributed by atoms with Crippen molar-refractivity contribution in [2.45, 2.75) is 0 Å². The van der Waals surface area contributed by atoms with E-state index in [1.165, 1.54) is 20.3 Å². The predicted octanol–water partition coefficient (Wildman–Crippen LogP) is 3.64. The second-order valence-corrected chi connectivity index (χ2v) is 5.09. The highest BCUT2D eigenvalue weighted by Crippen LogP contribution is 2.45. The van der Waals surface area contributed by atoms with Crippen LogP contribution in [-0.2, 0) is 0 Å². The second kappa shape index (κ2) is 5.61. The summed E-state index contributed by atoms with van der Waals surface area (Å²) in [5, 5.41) is 31.8. The first-order valence-electron chi connectivity index (χ1n) is 6.95. The van der Waals surface area contributed by atoms with Crippen LogP contribution in [0.2, 0.25) is 0 Å². The van der Waals surface area contributed by atoms with Gasteiger partial charge >= 0.3 is 0 Å². The smallest absolute Gasteiger partial charge is 0.164 e. The summed E-state index contributed by atoms with van der Waals surface area (Å²) in [6.07, 6.45) is 0. The van der Waals surface area contributed by atoms with E-state index in [1.807, 2.05) is 0 Å². The molecule has 0 amide bonds. The summed E-state index contributed by atoms with van der Waals surface area (Å²) in [5.74, 6) is 0.817. The number of methoxy groups -OCH3 is 2. The van der Waals surface area contributed by atoms with Crippen molar-refractivity contribution in [3.8, 4) is 39.9 Å². The molecular weight excluding hydrogens is 296 g/mol. The molecule has 0 aliphatic carbocycles. The van der Waals surface area contributed by atoms with Gasteiger partial charge in [0.15, 0.2) is 11.5 Å². The molecule has 0 spiro atoms. The molecule has 0 fully saturated rings. The van der Waals surface area contributed by atoms with Crippen LogP contribution in [0.1, 0.15) is 0 Å². The van der Waals surface area contributed by atoms with Crippen molar-refractivity contribution in [1.82, 2.24) is 0 Å². The fourth-order valence-corrected chi connectivity index (χ4v) is 2.65. The number of phenols is 3. The summed E-state index contributed by atoms with van der Waals surface area (Å²) < 4.78 is 10.4. The lowest BCUT2D eigenvalue weighted by molar-refractivity contribution is 0.352. The van der Waals surface area contributed by atoms with Crippen LogP contribution >= 0.6 is 0 Å². The lowest BCUT2D eigenvalue weighted by atomic mass is 9.96. The van der Waals surface area contributed by atoms with E-state index in [-0.39, 0.29) is 17.2 Å². The van der Waals surface area contributed by atoms with Gasteiger partial charge < -0.3 is 24.8 Å². The minimum atomic E-state index is -0.0613. The Balaban J connectivity index is 2.36. The van der Waals surface area contributed by atoms with Gasteiger partial charge in [-0.15, -0.1) is 0 Å². The van der Waals surface area contributed by atoms with Gasteiger partial charge in [-0.3, -0.25) is 0 Å². The molecule has 5 heteroatoms. The van der Waals surface area contributed by atoms with Gasteiger partial charge in [0.05, 0.1) is 14.2 Å². The summed E-state index contributed by atoms with van der Waals surface area (Å²) in [4.78, 5) is 0. The van der Waals surface area contributed by atoms with Crippen molar-refractivity contribution in [3.05, 3.63) is 42.5 Å². The molecule has 0 heterocycles. The van der Waals surface area contributed by atoms with Gasteiger partial charge in [-0.05, 0) is 35.0 Å². The molecule has 0 atom stereocenters. The third-order valence-electron chi connectivity index (χ3n) is 3.75. The molecule has 0 unspecified atom stereocenters. The van der Waals surface area contributed by atoms with Crippen LogP contribution in [0.15, 0.2) is 42.5 Å². The average Bonchev–Trinajstić information content (AvgIpc) is 2.55. The Morgan fingerprint density at radius 2 is 1.39 bits per heavy atom. The zero-order valence-corrected chi connectivity index (χ0v) is 12.7. The Morgan fingerprint density at radius 3 is 2.09 bits per heavy atom. The van der Waals surface area contributed by atoms with E-state index in [1.54, 1.807) is 36.4 Å². The van der Waals surface area contributed by atoms with Gasteiger partial charge in [-0.2, -0.15) is 0 Å². The van der Waals surface area contributed by atoms with Crippen molar-refractivity contribution in [1.29, 1.82) is 0 Å². The van der Waals surface area contributed by atoms with Crippen molar-refractivity contribution in [2.75, 3.05) is 14.2 Å². The van der Waals surface area contributed by atoms with Crippen LogP contribution in [0.5, 0.6) is 28.7 Å². The van der Waals surface area contributed by atoms with Crippen molar-refractivity contribution in [3.63, 3.8) is 0 Å². The molecule has 0 bridgehead atoms. The molecule has 0 aliphatic rings. The quantitative estimate of drug-likeness (QED) is 0.688. The molecule has 3 rings (SSSR count). The van der Waals surface area contributed by atoms with E-state index < -0.39 is 0 Å². The van der Waals surface area contributed by atoms with Gasteiger partial charge in [-0.1, -0.05) is 12.1 Å². The molecule has 0 aromatic heterocycles. The van der Waals surface area contributed by atoms with Crippen LogP contribution in [-0.4, -0.2) is 29.5 Å². The minimum Gasteiger partial charge on any atom is -0.508 e. The molecular formula is C18H16O5. The Hall–Kier alpha value is -3.08. The predicted molar refractivity (Wildman–Crippen MR) is 87.5 cm³/mol. The fraction of sp³-hybridized carbons (Fsp3) is 0.111. The van der Waals surface area contributed by atoms with Crippen LogP contribution in [0.3, 0.4) is 0 Å². The molecule has 0 radical (unpaired) electrons. The summed E-state index contributed by atoms with van der Waals surface area (Å²) in [6, 6.07) is 11.2. The number of phenolic OH excluding ortho intramolecular Hbond substituents is 3. The largest absolute Gasteiger partial charge is 0.508 e. The Morgan fingerprint density at radius 1 is 0.739 bits per heavy atom. The maximum Gasteiger partial charge on any atom is 0.164 e. The maximum absolute atomic E-state index is 10.3. The molecule has 3 aromatic carbocycles. The molecule has 23 heavy (non-hydrogen) atoms. The van der Waals surface area contributed by atoms with Crippen LogP contribution in [0.4, 0.5) is 0 Å². The highest BCUT2D eigenvalue weighted by atomic mass is 16.5. The summed E-state index contributed by atoms with van der Waals surface area (Å²) >= 11 is 0. The molecule has 3 N–H and O–H groups in total. The average molecular weight is 312 g/mol. The fourth-order valence-electron chi connectivity index (χ4n) is 2.65. The third kappa shape index (κ3) is 2.46. The highest BCUT2D eigenvalue weighted by Gasteiger charge is 2.17. The van der Waals surface area contributed by atoms with E-state index in [0.717, 1.165) is 5.39 Å². The number of aromatic hydroxyl groups is 3. The third-order valence-corrected chi connectivity index (χ3v) is 3.75. The lowest BCUT2D eigenvalue weighted by Crippen LogP contribution is -1.92. The summed E-state index contributed by atoms with van der Waals surface area (Å²) in [7, 11) is 2.97. The topological polar surface area (TPSA) is 79.2 Å². The lowest BCUT2D eigenvalue weighted by Gasteiger charge is -2.15. The Labute approximate surface area is 133 Å². The van der Waals surface area contributed by atoms with Gasteiger partial charge in [0.2, 0.25) is 0 Å². The minimum absolute atomic E-state index is 0.00869. The van der Waals surface area contributed by atoms with Gasteiger partial charge in [0.25, 0.3) is 0 Å².